The number of carbonyl (C=O) groups excluding carboxylic acids is 2. The van der Waals surface area contributed by atoms with Gasteiger partial charge in [0.05, 0.1) is 5.92 Å². The monoisotopic (exact) mass is 300 g/mol. The summed E-state index contributed by atoms with van der Waals surface area (Å²) in [6.45, 7) is 1.27. The first-order valence-corrected chi connectivity index (χ1v) is 7.38. The molecule has 0 spiro atoms. The molecule has 0 bridgehead atoms. The van der Waals surface area contributed by atoms with Crippen LogP contribution in [-0.4, -0.2) is 31.5 Å². The molecule has 1 saturated heterocycles. The molecule has 1 atom stereocenters. The summed E-state index contributed by atoms with van der Waals surface area (Å²) >= 11 is 0. The number of terminal acetylenes is 1. The largest absolute Gasteiger partial charge is 0.481 e. The average molecular weight is 300 g/mol. The van der Waals surface area contributed by atoms with Gasteiger partial charge in [-0.15, -0.1) is 6.42 Å². The summed E-state index contributed by atoms with van der Waals surface area (Å²) in [5, 5.41) is 5.63. The molecule has 116 valence electrons. The van der Waals surface area contributed by atoms with Crippen molar-refractivity contribution in [3.63, 3.8) is 0 Å². The summed E-state index contributed by atoms with van der Waals surface area (Å²) in [6, 6.07) is 7.65. The molecule has 22 heavy (non-hydrogen) atoms. The first kappa shape index (κ1) is 15.9. The number of ether oxygens (including phenoxy) is 1. The normalized spacial score (nSPS) is 17.2. The predicted octanol–water partition coefficient (Wildman–Crippen LogP) is 0.883. The molecule has 0 saturated carbocycles. The Labute approximate surface area is 130 Å². The van der Waals surface area contributed by atoms with Gasteiger partial charge < -0.3 is 15.4 Å². The average Bonchev–Trinajstić information content (AvgIpc) is 2.54. The molecule has 1 aromatic carbocycles. The maximum atomic E-state index is 12.0. The predicted molar refractivity (Wildman–Crippen MR) is 83.2 cm³/mol. The fourth-order valence-corrected chi connectivity index (χ4v) is 2.31. The minimum absolute atomic E-state index is 0.00831. The Morgan fingerprint density at radius 2 is 2.18 bits per heavy atom. The van der Waals surface area contributed by atoms with Gasteiger partial charge in [-0.3, -0.25) is 9.59 Å². The van der Waals surface area contributed by atoms with Crippen molar-refractivity contribution < 1.29 is 14.3 Å². The number of carbonyl (C=O) groups is 2. The van der Waals surface area contributed by atoms with E-state index in [2.05, 4.69) is 16.6 Å². The highest BCUT2D eigenvalue weighted by atomic mass is 16.5. The zero-order valence-electron chi connectivity index (χ0n) is 12.4. The Bertz CT molecular complexity index is 550. The van der Waals surface area contributed by atoms with Crippen LogP contribution in [0.1, 0.15) is 18.4 Å². The van der Waals surface area contributed by atoms with Gasteiger partial charge in [0.2, 0.25) is 11.8 Å². The van der Waals surface area contributed by atoms with Gasteiger partial charge in [-0.25, -0.2) is 0 Å². The van der Waals surface area contributed by atoms with Gasteiger partial charge in [0.15, 0.2) is 0 Å². The Morgan fingerprint density at radius 1 is 1.41 bits per heavy atom. The molecule has 5 nitrogen and oxygen atoms in total. The molecule has 0 aliphatic carbocycles. The molecule has 0 unspecified atom stereocenters. The highest BCUT2D eigenvalue weighted by Gasteiger charge is 2.23. The molecular weight excluding hydrogens is 280 g/mol. The van der Waals surface area contributed by atoms with Gasteiger partial charge in [0.1, 0.15) is 12.4 Å². The van der Waals surface area contributed by atoms with Gasteiger partial charge in [0, 0.05) is 19.5 Å². The van der Waals surface area contributed by atoms with E-state index in [4.69, 9.17) is 11.2 Å². The summed E-state index contributed by atoms with van der Waals surface area (Å²) in [5.74, 6) is 3.07. The van der Waals surface area contributed by atoms with Crippen molar-refractivity contribution in [2.45, 2.75) is 19.3 Å². The summed E-state index contributed by atoms with van der Waals surface area (Å²) in [4.78, 5) is 23.0. The number of hydrogen-bond donors (Lipinski definition) is 2. The van der Waals surface area contributed by atoms with Crippen molar-refractivity contribution in [2.75, 3.05) is 19.7 Å². The lowest BCUT2D eigenvalue weighted by atomic mass is 9.98. The number of nitrogens with one attached hydrogen (secondary N) is 2. The summed E-state index contributed by atoms with van der Waals surface area (Å²) < 4.78 is 5.30. The van der Waals surface area contributed by atoms with Crippen LogP contribution in [-0.2, 0) is 16.0 Å². The molecule has 1 heterocycles. The highest BCUT2D eigenvalue weighted by Crippen LogP contribution is 2.13. The van der Waals surface area contributed by atoms with Crippen molar-refractivity contribution in [3.8, 4) is 18.1 Å². The number of amides is 2. The first-order chi connectivity index (χ1) is 10.7. The van der Waals surface area contributed by atoms with E-state index in [0.29, 0.717) is 25.9 Å². The van der Waals surface area contributed by atoms with Crippen LogP contribution in [0.25, 0.3) is 0 Å². The van der Waals surface area contributed by atoms with Crippen LogP contribution >= 0.6 is 0 Å². The highest BCUT2D eigenvalue weighted by molar-refractivity contribution is 5.83. The van der Waals surface area contributed by atoms with Crippen molar-refractivity contribution in [1.82, 2.24) is 10.6 Å². The van der Waals surface area contributed by atoms with E-state index in [0.717, 1.165) is 17.7 Å². The van der Waals surface area contributed by atoms with Gasteiger partial charge >= 0.3 is 0 Å². The van der Waals surface area contributed by atoms with Crippen LogP contribution in [0.3, 0.4) is 0 Å². The van der Waals surface area contributed by atoms with E-state index in [1.54, 1.807) is 0 Å². The molecule has 1 aliphatic heterocycles. The van der Waals surface area contributed by atoms with Gasteiger partial charge in [-0.2, -0.15) is 0 Å². The molecule has 0 aromatic heterocycles. The Hall–Kier alpha value is -2.48. The molecule has 2 rings (SSSR count). The van der Waals surface area contributed by atoms with Gasteiger partial charge in [-0.1, -0.05) is 18.1 Å². The van der Waals surface area contributed by atoms with Crippen LogP contribution in [0.15, 0.2) is 24.3 Å². The van der Waals surface area contributed by atoms with Crippen LogP contribution in [0, 0.1) is 18.3 Å². The second kappa shape index (κ2) is 8.08. The number of hydrogen-bond acceptors (Lipinski definition) is 3. The Balaban J connectivity index is 1.70. The summed E-state index contributed by atoms with van der Waals surface area (Å²) in [7, 11) is 0. The summed E-state index contributed by atoms with van der Waals surface area (Å²) in [5.41, 5.74) is 1.12. The van der Waals surface area contributed by atoms with E-state index < -0.39 is 0 Å². The number of piperidine rings is 1. The third-order valence-corrected chi connectivity index (χ3v) is 3.59. The maximum Gasteiger partial charge on any atom is 0.224 e. The topological polar surface area (TPSA) is 67.4 Å². The molecule has 1 aromatic rings. The zero-order chi connectivity index (χ0) is 15.8. The molecule has 2 amide bonds. The van der Waals surface area contributed by atoms with E-state index >= 15 is 0 Å². The van der Waals surface area contributed by atoms with Crippen LogP contribution in [0.4, 0.5) is 0 Å². The first-order valence-electron chi connectivity index (χ1n) is 7.38. The third kappa shape index (κ3) is 4.81. The van der Waals surface area contributed by atoms with Gasteiger partial charge in [-0.05, 0) is 30.5 Å². The van der Waals surface area contributed by atoms with Crippen LogP contribution < -0.4 is 15.4 Å². The number of benzene rings is 1. The molecule has 0 radical (unpaired) electrons. The van der Waals surface area contributed by atoms with Crippen molar-refractivity contribution in [1.29, 1.82) is 0 Å². The lowest BCUT2D eigenvalue weighted by Gasteiger charge is -2.21. The second-order valence-electron chi connectivity index (χ2n) is 5.22. The molecule has 1 aliphatic rings. The minimum atomic E-state index is -0.114. The Kier molecular flexibility index (Phi) is 5.84. The smallest absolute Gasteiger partial charge is 0.224 e. The lowest BCUT2D eigenvalue weighted by molar-refractivity contribution is -0.128. The fourth-order valence-electron chi connectivity index (χ4n) is 2.31. The molecular formula is C17H20N2O3. The zero-order valence-corrected chi connectivity index (χ0v) is 12.4. The van der Waals surface area contributed by atoms with Crippen molar-refractivity contribution in [2.24, 2.45) is 5.92 Å². The second-order valence-corrected chi connectivity index (χ2v) is 5.22. The molecule has 2 N–H and O–H groups in total. The SMILES string of the molecule is C#CCOc1ccc(CCNC(=O)[C@H]2CCC(=O)NC2)cc1. The van der Waals surface area contributed by atoms with Gasteiger partial charge in [0.25, 0.3) is 0 Å². The minimum Gasteiger partial charge on any atom is -0.481 e. The Morgan fingerprint density at radius 3 is 2.82 bits per heavy atom. The molecule has 1 fully saturated rings. The van der Waals surface area contributed by atoms with Crippen LogP contribution in [0.2, 0.25) is 0 Å². The maximum absolute atomic E-state index is 12.0. The third-order valence-electron chi connectivity index (χ3n) is 3.59. The van der Waals surface area contributed by atoms with E-state index in [1.807, 2.05) is 24.3 Å². The van der Waals surface area contributed by atoms with Crippen molar-refractivity contribution >= 4 is 11.8 Å². The number of rotatable bonds is 6. The van der Waals surface area contributed by atoms with Crippen molar-refractivity contribution in [3.05, 3.63) is 29.8 Å². The lowest BCUT2D eigenvalue weighted by Crippen LogP contribution is -2.43. The fraction of sp³-hybridized carbons (Fsp3) is 0.412. The van der Waals surface area contributed by atoms with E-state index in [1.165, 1.54) is 0 Å². The van der Waals surface area contributed by atoms with E-state index in [9.17, 15) is 9.59 Å². The summed E-state index contributed by atoms with van der Waals surface area (Å²) in [6.07, 6.45) is 6.93. The molecule has 5 heteroatoms. The van der Waals surface area contributed by atoms with Crippen LogP contribution in [0.5, 0.6) is 5.75 Å². The quantitative estimate of drug-likeness (QED) is 0.767. The standard InChI is InChI=1S/C17H20N2O3/c1-2-11-22-15-6-3-13(4-7-15)9-10-18-17(21)14-5-8-16(20)19-12-14/h1,3-4,6-7,14H,5,8-12H2,(H,18,21)(H,19,20)/t14-/m0/s1. The van der Waals surface area contributed by atoms with E-state index in [-0.39, 0.29) is 24.3 Å².